The lowest BCUT2D eigenvalue weighted by molar-refractivity contribution is 0.178. The molecular weight excluding hydrogens is 180 g/mol. The van der Waals surface area contributed by atoms with E-state index in [9.17, 15) is 0 Å². The van der Waals surface area contributed by atoms with Gasteiger partial charge in [0.1, 0.15) is 6.61 Å². The SMILES string of the molecule is COCc1nc2c(N)c(C)ccn2n1. The second-order valence-corrected chi connectivity index (χ2v) is 3.14. The Balaban J connectivity index is 2.59. The Labute approximate surface area is 81.5 Å². The maximum Gasteiger partial charge on any atom is 0.178 e. The van der Waals surface area contributed by atoms with Gasteiger partial charge in [0.25, 0.3) is 0 Å². The van der Waals surface area contributed by atoms with Gasteiger partial charge < -0.3 is 10.5 Å². The fraction of sp³-hybridized carbons (Fsp3) is 0.333. The van der Waals surface area contributed by atoms with Gasteiger partial charge in [-0.2, -0.15) is 0 Å². The Kier molecular flexibility index (Phi) is 2.09. The van der Waals surface area contributed by atoms with Crippen LogP contribution in [0.15, 0.2) is 12.3 Å². The second-order valence-electron chi connectivity index (χ2n) is 3.14. The van der Waals surface area contributed by atoms with Crippen LogP contribution in [0, 0.1) is 6.92 Å². The average molecular weight is 192 g/mol. The number of hydrogen-bond acceptors (Lipinski definition) is 4. The normalized spacial score (nSPS) is 11.0. The Morgan fingerprint density at radius 1 is 1.57 bits per heavy atom. The van der Waals surface area contributed by atoms with Crippen molar-refractivity contribution >= 4 is 11.3 Å². The molecule has 0 amide bonds. The minimum atomic E-state index is 0.403. The largest absolute Gasteiger partial charge is 0.395 e. The van der Waals surface area contributed by atoms with Crippen molar-refractivity contribution in [3.05, 3.63) is 23.7 Å². The van der Waals surface area contributed by atoms with E-state index < -0.39 is 0 Å². The number of pyridine rings is 1. The molecule has 0 radical (unpaired) electrons. The summed E-state index contributed by atoms with van der Waals surface area (Å²) >= 11 is 0. The first-order chi connectivity index (χ1) is 6.72. The number of nitrogen functional groups attached to an aromatic ring is 1. The fourth-order valence-corrected chi connectivity index (χ4v) is 1.29. The zero-order valence-electron chi connectivity index (χ0n) is 8.19. The summed E-state index contributed by atoms with van der Waals surface area (Å²) in [4.78, 5) is 4.26. The second kappa shape index (κ2) is 3.26. The highest BCUT2D eigenvalue weighted by atomic mass is 16.5. The molecule has 74 valence electrons. The molecule has 0 spiro atoms. The van der Waals surface area contributed by atoms with E-state index in [0.717, 1.165) is 5.56 Å². The summed E-state index contributed by atoms with van der Waals surface area (Å²) in [5.74, 6) is 0.643. The van der Waals surface area contributed by atoms with Crippen LogP contribution in [0.2, 0.25) is 0 Å². The first kappa shape index (κ1) is 8.96. The van der Waals surface area contributed by atoms with Crippen molar-refractivity contribution in [2.24, 2.45) is 0 Å². The van der Waals surface area contributed by atoms with Gasteiger partial charge in [-0.05, 0) is 18.6 Å². The summed E-state index contributed by atoms with van der Waals surface area (Å²) in [5, 5.41) is 4.20. The molecule has 2 aromatic rings. The van der Waals surface area contributed by atoms with Crippen molar-refractivity contribution in [1.29, 1.82) is 0 Å². The van der Waals surface area contributed by atoms with Gasteiger partial charge in [0.15, 0.2) is 11.5 Å². The monoisotopic (exact) mass is 192 g/mol. The first-order valence-electron chi connectivity index (χ1n) is 4.31. The fourth-order valence-electron chi connectivity index (χ4n) is 1.29. The summed E-state index contributed by atoms with van der Waals surface area (Å²) in [6.45, 7) is 2.35. The van der Waals surface area contributed by atoms with E-state index in [-0.39, 0.29) is 0 Å². The van der Waals surface area contributed by atoms with Gasteiger partial charge in [0.05, 0.1) is 5.69 Å². The topological polar surface area (TPSA) is 65.4 Å². The summed E-state index contributed by atoms with van der Waals surface area (Å²) in [6, 6.07) is 1.91. The van der Waals surface area contributed by atoms with E-state index in [1.807, 2.05) is 19.2 Å². The van der Waals surface area contributed by atoms with Gasteiger partial charge >= 0.3 is 0 Å². The van der Waals surface area contributed by atoms with Crippen LogP contribution in [0.1, 0.15) is 11.4 Å². The number of nitrogens with zero attached hydrogens (tertiary/aromatic N) is 3. The van der Waals surface area contributed by atoms with Crippen LogP contribution in [0.5, 0.6) is 0 Å². The Bertz CT molecular complexity index is 463. The van der Waals surface area contributed by atoms with Gasteiger partial charge in [0, 0.05) is 13.3 Å². The summed E-state index contributed by atoms with van der Waals surface area (Å²) < 4.78 is 6.61. The molecule has 2 aromatic heterocycles. The Morgan fingerprint density at radius 2 is 2.36 bits per heavy atom. The number of hydrogen-bond donors (Lipinski definition) is 1. The van der Waals surface area contributed by atoms with E-state index in [4.69, 9.17) is 10.5 Å². The molecule has 5 nitrogen and oxygen atoms in total. The van der Waals surface area contributed by atoms with E-state index in [1.165, 1.54) is 0 Å². The number of anilines is 1. The number of nitrogens with two attached hydrogens (primary N) is 1. The summed E-state index contributed by atoms with van der Waals surface area (Å²) in [6.07, 6.45) is 1.84. The minimum Gasteiger partial charge on any atom is -0.395 e. The highest BCUT2D eigenvalue weighted by Crippen LogP contribution is 2.15. The van der Waals surface area contributed by atoms with Crippen molar-refractivity contribution in [3.63, 3.8) is 0 Å². The lowest BCUT2D eigenvalue weighted by atomic mass is 10.2. The predicted molar refractivity (Wildman–Crippen MR) is 52.8 cm³/mol. The number of rotatable bonds is 2. The van der Waals surface area contributed by atoms with E-state index in [2.05, 4.69) is 10.1 Å². The third kappa shape index (κ3) is 1.31. The van der Waals surface area contributed by atoms with Crippen LogP contribution >= 0.6 is 0 Å². The van der Waals surface area contributed by atoms with Crippen LogP contribution in [0.3, 0.4) is 0 Å². The van der Waals surface area contributed by atoms with Crippen molar-refractivity contribution in [1.82, 2.24) is 14.6 Å². The molecule has 14 heavy (non-hydrogen) atoms. The Morgan fingerprint density at radius 3 is 3.07 bits per heavy atom. The molecule has 5 heteroatoms. The van der Waals surface area contributed by atoms with E-state index in [1.54, 1.807) is 11.6 Å². The summed E-state index contributed by atoms with van der Waals surface area (Å²) in [7, 11) is 1.61. The van der Waals surface area contributed by atoms with Gasteiger partial charge in [-0.25, -0.2) is 9.50 Å². The molecule has 0 aliphatic carbocycles. The average Bonchev–Trinajstić information content (AvgIpc) is 2.56. The van der Waals surface area contributed by atoms with Crippen molar-refractivity contribution in [2.75, 3.05) is 12.8 Å². The van der Waals surface area contributed by atoms with Crippen LogP contribution in [0.4, 0.5) is 5.69 Å². The third-order valence-electron chi connectivity index (χ3n) is 2.08. The molecule has 2 N–H and O–H groups in total. The zero-order valence-corrected chi connectivity index (χ0v) is 8.19. The maximum atomic E-state index is 5.86. The number of ether oxygens (including phenoxy) is 1. The van der Waals surface area contributed by atoms with Gasteiger partial charge in [0.2, 0.25) is 0 Å². The zero-order chi connectivity index (χ0) is 10.1. The minimum absolute atomic E-state index is 0.403. The van der Waals surface area contributed by atoms with Gasteiger partial charge in [-0.1, -0.05) is 0 Å². The molecule has 0 unspecified atom stereocenters. The molecule has 0 saturated carbocycles. The van der Waals surface area contributed by atoms with Crippen LogP contribution in [0.25, 0.3) is 5.65 Å². The number of aromatic nitrogens is 3. The van der Waals surface area contributed by atoms with Crippen LogP contribution in [-0.2, 0) is 11.3 Å². The first-order valence-corrected chi connectivity index (χ1v) is 4.31. The quantitative estimate of drug-likeness (QED) is 0.763. The van der Waals surface area contributed by atoms with Crippen LogP contribution < -0.4 is 5.73 Å². The Hall–Kier alpha value is -1.62. The molecular formula is C9H12N4O. The molecule has 0 aromatic carbocycles. The molecule has 0 atom stereocenters. The summed E-state index contributed by atoms with van der Waals surface area (Å²) in [5.41, 5.74) is 8.23. The third-order valence-corrected chi connectivity index (χ3v) is 2.08. The van der Waals surface area contributed by atoms with Crippen LogP contribution in [-0.4, -0.2) is 21.7 Å². The highest BCUT2D eigenvalue weighted by molar-refractivity contribution is 5.67. The smallest absolute Gasteiger partial charge is 0.178 e. The van der Waals surface area contributed by atoms with Crippen molar-refractivity contribution in [3.8, 4) is 0 Å². The molecule has 0 saturated heterocycles. The molecule has 0 fully saturated rings. The van der Waals surface area contributed by atoms with Gasteiger partial charge in [-0.15, -0.1) is 5.10 Å². The maximum absolute atomic E-state index is 5.86. The molecule has 0 aliphatic rings. The lowest BCUT2D eigenvalue weighted by Crippen LogP contribution is -1.96. The number of methoxy groups -OCH3 is 1. The highest BCUT2D eigenvalue weighted by Gasteiger charge is 2.07. The number of aryl methyl sites for hydroxylation is 1. The van der Waals surface area contributed by atoms with Crippen molar-refractivity contribution < 1.29 is 4.74 Å². The molecule has 2 rings (SSSR count). The van der Waals surface area contributed by atoms with Gasteiger partial charge in [-0.3, -0.25) is 0 Å². The lowest BCUT2D eigenvalue weighted by Gasteiger charge is -1.98. The molecule has 0 aliphatic heterocycles. The van der Waals surface area contributed by atoms with E-state index >= 15 is 0 Å². The molecule has 2 heterocycles. The number of fused-ring (bicyclic) bond motifs is 1. The van der Waals surface area contributed by atoms with Crippen molar-refractivity contribution in [2.45, 2.75) is 13.5 Å². The molecule has 0 bridgehead atoms. The van der Waals surface area contributed by atoms with E-state index in [0.29, 0.717) is 23.8 Å². The predicted octanol–water partition coefficient (Wildman–Crippen LogP) is 0.766. The standard InChI is InChI=1S/C9H12N4O/c1-6-3-4-13-9(8(6)10)11-7(12-13)5-14-2/h3-4H,5,10H2,1-2H3.